The number of methoxy groups -OCH3 is 1. The van der Waals surface area contributed by atoms with Crippen LogP contribution in [0.15, 0.2) is 46.9 Å². The van der Waals surface area contributed by atoms with E-state index in [0.717, 1.165) is 55.1 Å². The van der Waals surface area contributed by atoms with Gasteiger partial charge >= 0.3 is 5.97 Å². The molecule has 0 amide bonds. The first kappa shape index (κ1) is 22.3. The van der Waals surface area contributed by atoms with E-state index in [1.54, 1.807) is 7.11 Å². The number of ether oxygens (including phenoxy) is 2. The van der Waals surface area contributed by atoms with Gasteiger partial charge in [0.2, 0.25) is 0 Å². The maximum Gasteiger partial charge on any atom is 0.359 e. The largest absolute Gasteiger partial charge is 0.462 e. The van der Waals surface area contributed by atoms with Gasteiger partial charge < -0.3 is 13.9 Å². The predicted molar refractivity (Wildman–Crippen MR) is 120 cm³/mol. The van der Waals surface area contributed by atoms with Crippen molar-refractivity contribution in [3.8, 4) is 0 Å². The van der Waals surface area contributed by atoms with Crippen LogP contribution in [0.5, 0.6) is 0 Å². The van der Waals surface area contributed by atoms with Crippen LogP contribution < -0.4 is 0 Å². The second-order valence-electron chi connectivity index (χ2n) is 8.07. The molecule has 1 aliphatic rings. The number of hydrogen-bond donors (Lipinski definition) is 0. The van der Waals surface area contributed by atoms with Gasteiger partial charge in [0.25, 0.3) is 0 Å². The highest BCUT2D eigenvalue weighted by molar-refractivity contribution is 5.89. The summed E-state index contributed by atoms with van der Waals surface area (Å²) < 4.78 is 18.3. The third-order valence-electron chi connectivity index (χ3n) is 5.74. The van der Waals surface area contributed by atoms with E-state index in [1.165, 1.54) is 5.56 Å². The highest BCUT2D eigenvalue weighted by Crippen LogP contribution is 2.25. The fourth-order valence-corrected chi connectivity index (χ4v) is 4.26. The molecule has 0 unspecified atom stereocenters. The fourth-order valence-electron chi connectivity index (χ4n) is 4.26. The van der Waals surface area contributed by atoms with Crippen LogP contribution in [0.2, 0.25) is 0 Å². The quantitative estimate of drug-likeness (QED) is 0.447. The van der Waals surface area contributed by atoms with E-state index in [0.29, 0.717) is 32.0 Å². The van der Waals surface area contributed by atoms with E-state index < -0.39 is 0 Å². The predicted octanol–water partition coefficient (Wildman–Crippen LogP) is 3.99. The van der Waals surface area contributed by atoms with Crippen molar-refractivity contribution < 1.29 is 18.7 Å². The first-order valence-electron chi connectivity index (χ1n) is 11.3. The van der Waals surface area contributed by atoms with E-state index in [9.17, 15) is 4.79 Å². The Kier molecular flexibility index (Phi) is 7.39. The number of benzene rings is 1. The summed E-state index contributed by atoms with van der Waals surface area (Å²) in [5.41, 5.74) is 3.90. The lowest BCUT2D eigenvalue weighted by atomic mass is 10.0. The molecule has 3 heterocycles. The van der Waals surface area contributed by atoms with E-state index in [1.807, 2.05) is 29.8 Å². The van der Waals surface area contributed by atoms with Crippen LogP contribution in [0.1, 0.15) is 52.2 Å². The highest BCUT2D eigenvalue weighted by atomic mass is 16.5. The van der Waals surface area contributed by atoms with Gasteiger partial charge in [-0.25, -0.2) is 4.79 Å². The normalized spacial score (nSPS) is 13.8. The van der Waals surface area contributed by atoms with Gasteiger partial charge in [0.1, 0.15) is 18.1 Å². The van der Waals surface area contributed by atoms with Crippen molar-refractivity contribution in [1.29, 1.82) is 0 Å². The molecule has 2 aromatic heterocycles. The summed E-state index contributed by atoms with van der Waals surface area (Å²) in [6, 6.07) is 14.4. The topological polar surface area (TPSA) is 69.7 Å². The lowest BCUT2D eigenvalue weighted by Gasteiger charge is -2.26. The van der Waals surface area contributed by atoms with Crippen LogP contribution in [-0.2, 0) is 48.6 Å². The lowest BCUT2D eigenvalue weighted by Crippen LogP contribution is -2.31. The Bertz CT molecular complexity index is 1030. The standard InChI is InChI=1S/C25H31N3O4/c1-3-31-25(29)24-22-17-27(16-20-11-12-21(32-20)18-30-2)15-13-23(22)28(26-24)14-7-10-19-8-5-4-6-9-19/h4-6,8-9,11-12H,3,7,10,13-18H2,1-2H3. The Balaban J connectivity index is 1.47. The summed E-state index contributed by atoms with van der Waals surface area (Å²) in [7, 11) is 1.66. The molecule has 170 valence electrons. The molecule has 1 aliphatic heterocycles. The number of rotatable bonds is 10. The second-order valence-corrected chi connectivity index (χ2v) is 8.07. The van der Waals surface area contributed by atoms with Crippen molar-refractivity contribution in [3.05, 3.63) is 76.5 Å². The van der Waals surface area contributed by atoms with Crippen LogP contribution >= 0.6 is 0 Å². The summed E-state index contributed by atoms with van der Waals surface area (Å²) in [6.45, 7) is 5.64. The molecule has 0 atom stereocenters. The van der Waals surface area contributed by atoms with Gasteiger partial charge in [-0.2, -0.15) is 5.10 Å². The Morgan fingerprint density at radius 2 is 1.97 bits per heavy atom. The van der Waals surface area contributed by atoms with Gasteiger partial charge in [0, 0.05) is 44.4 Å². The molecule has 0 N–H and O–H groups in total. The van der Waals surface area contributed by atoms with Crippen LogP contribution in [0.3, 0.4) is 0 Å². The number of esters is 1. The van der Waals surface area contributed by atoms with Crippen molar-refractivity contribution in [2.45, 2.75) is 52.4 Å². The molecule has 32 heavy (non-hydrogen) atoms. The molecule has 1 aromatic carbocycles. The Labute approximate surface area is 188 Å². The average molecular weight is 438 g/mol. The molecule has 0 fully saturated rings. The van der Waals surface area contributed by atoms with Crippen LogP contribution in [-0.4, -0.2) is 40.9 Å². The molecular formula is C25H31N3O4. The first-order valence-corrected chi connectivity index (χ1v) is 11.3. The third kappa shape index (κ3) is 5.29. The summed E-state index contributed by atoms with van der Waals surface area (Å²) in [4.78, 5) is 14.9. The van der Waals surface area contributed by atoms with Crippen molar-refractivity contribution in [3.63, 3.8) is 0 Å². The maximum absolute atomic E-state index is 12.6. The minimum Gasteiger partial charge on any atom is -0.462 e. The lowest BCUT2D eigenvalue weighted by molar-refractivity contribution is 0.0515. The molecule has 7 nitrogen and oxygen atoms in total. The number of carbonyl (C=O) groups is 1. The number of aryl methyl sites for hydroxylation is 2. The molecule has 4 rings (SSSR count). The zero-order valence-corrected chi connectivity index (χ0v) is 18.9. The zero-order valence-electron chi connectivity index (χ0n) is 18.9. The Morgan fingerprint density at radius 1 is 1.16 bits per heavy atom. The molecule has 0 bridgehead atoms. The summed E-state index contributed by atoms with van der Waals surface area (Å²) >= 11 is 0. The molecule has 0 saturated heterocycles. The molecule has 0 aliphatic carbocycles. The minimum absolute atomic E-state index is 0.340. The van der Waals surface area contributed by atoms with Crippen molar-refractivity contribution in [1.82, 2.24) is 14.7 Å². The van der Waals surface area contributed by atoms with Gasteiger partial charge in [-0.1, -0.05) is 30.3 Å². The maximum atomic E-state index is 12.6. The summed E-state index contributed by atoms with van der Waals surface area (Å²) in [6.07, 6.45) is 2.80. The Hall–Kier alpha value is -2.90. The molecule has 7 heteroatoms. The van der Waals surface area contributed by atoms with E-state index in [-0.39, 0.29) is 5.97 Å². The third-order valence-corrected chi connectivity index (χ3v) is 5.74. The summed E-state index contributed by atoms with van der Waals surface area (Å²) in [5.74, 6) is 1.37. The van der Waals surface area contributed by atoms with E-state index in [4.69, 9.17) is 13.9 Å². The second kappa shape index (κ2) is 10.6. The monoisotopic (exact) mass is 437 g/mol. The highest BCUT2D eigenvalue weighted by Gasteiger charge is 2.29. The van der Waals surface area contributed by atoms with Gasteiger partial charge in [-0.05, 0) is 37.5 Å². The number of aromatic nitrogens is 2. The van der Waals surface area contributed by atoms with Crippen molar-refractivity contribution in [2.75, 3.05) is 20.3 Å². The number of furan rings is 1. The zero-order chi connectivity index (χ0) is 22.3. The Morgan fingerprint density at radius 3 is 2.75 bits per heavy atom. The molecule has 0 spiro atoms. The summed E-state index contributed by atoms with van der Waals surface area (Å²) in [5, 5.41) is 4.69. The number of carbonyl (C=O) groups excluding carboxylic acids is 1. The van der Waals surface area contributed by atoms with Crippen LogP contribution in [0.4, 0.5) is 0 Å². The van der Waals surface area contributed by atoms with Gasteiger partial charge in [-0.3, -0.25) is 9.58 Å². The van der Waals surface area contributed by atoms with Crippen LogP contribution in [0.25, 0.3) is 0 Å². The van der Waals surface area contributed by atoms with Crippen molar-refractivity contribution in [2.24, 2.45) is 0 Å². The van der Waals surface area contributed by atoms with Gasteiger partial charge in [0.05, 0.1) is 13.2 Å². The fraction of sp³-hybridized carbons (Fsp3) is 0.440. The molecule has 0 radical (unpaired) electrons. The SMILES string of the molecule is CCOC(=O)c1nn(CCCc2ccccc2)c2c1CN(Cc1ccc(COC)o1)CC2. The van der Waals surface area contributed by atoms with E-state index in [2.05, 4.69) is 34.3 Å². The molecular weight excluding hydrogens is 406 g/mol. The van der Waals surface area contributed by atoms with Gasteiger partial charge in [-0.15, -0.1) is 0 Å². The number of hydrogen-bond acceptors (Lipinski definition) is 6. The van der Waals surface area contributed by atoms with Gasteiger partial charge in [0.15, 0.2) is 5.69 Å². The molecule has 0 saturated carbocycles. The van der Waals surface area contributed by atoms with Crippen molar-refractivity contribution >= 4 is 5.97 Å². The van der Waals surface area contributed by atoms with E-state index >= 15 is 0 Å². The first-order chi connectivity index (χ1) is 15.7. The van der Waals surface area contributed by atoms with Crippen LogP contribution in [0, 0.1) is 0 Å². The average Bonchev–Trinajstić information content (AvgIpc) is 3.39. The molecule has 3 aromatic rings. The number of fused-ring (bicyclic) bond motifs is 1. The number of nitrogens with zero attached hydrogens (tertiary/aromatic N) is 3. The smallest absolute Gasteiger partial charge is 0.359 e. The minimum atomic E-state index is -0.340.